The molecule has 0 aliphatic carbocycles. The van der Waals surface area contributed by atoms with Gasteiger partial charge in [0, 0.05) is 35.6 Å². The first-order valence-corrected chi connectivity index (χ1v) is 8.06. The van der Waals surface area contributed by atoms with E-state index in [4.69, 9.17) is 5.73 Å². The van der Waals surface area contributed by atoms with Crippen LogP contribution in [0.5, 0.6) is 0 Å². The number of nitrogens with zero attached hydrogens (tertiary/aromatic N) is 1. The molecule has 1 amide bonds. The van der Waals surface area contributed by atoms with Crippen LogP contribution in [0.15, 0.2) is 36.8 Å². The van der Waals surface area contributed by atoms with Crippen molar-refractivity contribution in [1.29, 1.82) is 0 Å². The highest BCUT2D eigenvalue weighted by Gasteiger charge is 2.21. The molecule has 0 unspecified atom stereocenters. The number of carbonyl (C=O) groups excluding carboxylic acids is 2. The van der Waals surface area contributed by atoms with E-state index in [-0.39, 0.29) is 0 Å². The van der Waals surface area contributed by atoms with Crippen LogP contribution in [0.25, 0.3) is 10.9 Å². The van der Waals surface area contributed by atoms with Crippen LogP contribution >= 0.6 is 0 Å². The van der Waals surface area contributed by atoms with Crippen molar-refractivity contribution < 1.29 is 9.59 Å². The van der Waals surface area contributed by atoms with Crippen molar-refractivity contribution in [1.82, 2.24) is 20.3 Å². The minimum absolute atomic E-state index is 0.299. The van der Waals surface area contributed by atoms with Crippen LogP contribution in [-0.4, -0.2) is 39.2 Å². The molecule has 0 aliphatic heterocycles. The van der Waals surface area contributed by atoms with E-state index in [0.29, 0.717) is 18.5 Å². The topological polar surface area (TPSA) is 117 Å². The van der Waals surface area contributed by atoms with Crippen LogP contribution in [-0.2, 0) is 22.4 Å². The molecule has 0 saturated carbocycles. The number of aromatic nitrogens is 3. The zero-order chi connectivity index (χ0) is 17.8. The van der Waals surface area contributed by atoms with E-state index in [1.807, 2.05) is 37.5 Å². The lowest BCUT2D eigenvalue weighted by atomic mass is 10.0. The van der Waals surface area contributed by atoms with Crippen molar-refractivity contribution in [3.63, 3.8) is 0 Å². The fourth-order valence-corrected chi connectivity index (χ4v) is 2.92. The molecule has 0 bridgehead atoms. The zero-order valence-corrected chi connectivity index (χ0v) is 13.9. The molecule has 2 aromatic heterocycles. The molecule has 25 heavy (non-hydrogen) atoms. The van der Waals surface area contributed by atoms with Gasteiger partial charge >= 0.3 is 0 Å². The molecule has 1 aromatic carbocycles. The molecule has 0 spiro atoms. The largest absolute Gasteiger partial charge is 0.358 e. The van der Waals surface area contributed by atoms with Crippen LogP contribution in [0.4, 0.5) is 0 Å². The smallest absolute Gasteiger partial charge is 0.237 e. The first kappa shape index (κ1) is 16.9. The highest BCUT2D eigenvalue weighted by atomic mass is 16.2. The normalized spacial score (nSPS) is 13.5. The molecule has 7 nitrogen and oxygen atoms in total. The molecule has 5 N–H and O–H groups in total. The van der Waals surface area contributed by atoms with Crippen molar-refractivity contribution >= 4 is 23.1 Å². The van der Waals surface area contributed by atoms with Crippen LogP contribution in [0, 0.1) is 6.92 Å². The standard InChI is InChI=1S/C18H20N5O2/c1-11-15(14-4-2-3-5-17(14)22-11)6-13(9-24)23-18(25)16(19)7-12-8-20-10-21-12/h2-5,8,10,13,16,22H,6-7,19H2,1H3,(H,20,21)(H,23,25)/t13-,16+/m1/s1. The summed E-state index contributed by atoms with van der Waals surface area (Å²) in [5, 5.41) is 3.71. The van der Waals surface area contributed by atoms with Crippen molar-refractivity contribution in [3.05, 3.63) is 53.7 Å². The lowest BCUT2D eigenvalue weighted by Gasteiger charge is -2.16. The molecule has 1 radical (unpaired) electrons. The van der Waals surface area contributed by atoms with Crippen molar-refractivity contribution in [2.45, 2.75) is 31.8 Å². The van der Waals surface area contributed by atoms with Crippen LogP contribution in [0.1, 0.15) is 17.0 Å². The van der Waals surface area contributed by atoms with E-state index in [2.05, 4.69) is 20.3 Å². The van der Waals surface area contributed by atoms with Gasteiger partial charge in [0.2, 0.25) is 12.2 Å². The number of aryl methyl sites for hydroxylation is 1. The maximum Gasteiger partial charge on any atom is 0.237 e. The molecule has 129 valence electrons. The Hall–Kier alpha value is -2.93. The van der Waals surface area contributed by atoms with Crippen molar-refractivity contribution in [2.24, 2.45) is 5.73 Å². The monoisotopic (exact) mass is 338 g/mol. The summed E-state index contributed by atoms with van der Waals surface area (Å²) in [4.78, 5) is 33.7. The second kappa shape index (κ2) is 7.31. The lowest BCUT2D eigenvalue weighted by Crippen LogP contribution is -2.47. The van der Waals surface area contributed by atoms with E-state index in [0.717, 1.165) is 22.2 Å². The van der Waals surface area contributed by atoms with E-state index >= 15 is 0 Å². The van der Waals surface area contributed by atoms with Crippen LogP contribution < -0.4 is 11.1 Å². The van der Waals surface area contributed by atoms with Gasteiger partial charge in [-0.2, -0.15) is 0 Å². The second-order valence-electron chi connectivity index (χ2n) is 6.03. The third-order valence-electron chi connectivity index (χ3n) is 4.21. The number of carbonyl (C=O) groups is 1. The molecule has 2 atom stereocenters. The van der Waals surface area contributed by atoms with Gasteiger partial charge in [0.15, 0.2) is 0 Å². The number of aromatic amines is 2. The minimum Gasteiger partial charge on any atom is -0.358 e. The zero-order valence-electron chi connectivity index (χ0n) is 13.9. The molecule has 3 aromatic rings. The fourth-order valence-electron chi connectivity index (χ4n) is 2.92. The number of rotatable bonds is 7. The SMILES string of the molecule is Cc1[nH]c2ccccc2c1C[C@H]([C]=O)NC(=O)[C@@H](N)Cc1c[nH]cn1. The first-order chi connectivity index (χ1) is 12.1. The third-order valence-corrected chi connectivity index (χ3v) is 4.21. The average Bonchev–Trinajstić information content (AvgIpc) is 3.22. The molecule has 0 fully saturated rings. The van der Waals surface area contributed by atoms with Gasteiger partial charge in [-0.25, -0.2) is 4.98 Å². The van der Waals surface area contributed by atoms with Gasteiger partial charge < -0.3 is 21.0 Å². The molecule has 7 heteroatoms. The summed E-state index contributed by atoms with van der Waals surface area (Å²) in [6.07, 6.45) is 5.78. The Balaban J connectivity index is 1.68. The predicted octanol–water partition coefficient (Wildman–Crippen LogP) is 0.906. The molecule has 0 aliphatic rings. The second-order valence-corrected chi connectivity index (χ2v) is 6.03. The molecular formula is C18H20N5O2. The van der Waals surface area contributed by atoms with Crippen molar-refractivity contribution in [2.75, 3.05) is 0 Å². The Bertz CT molecular complexity index is 869. The number of nitrogens with one attached hydrogen (secondary N) is 3. The summed E-state index contributed by atoms with van der Waals surface area (Å²) in [7, 11) is 0. The number of hydrogen-bond donors (Lipinski definition) is 4. The van der Waals surface area contributed by atoms with Gasteiger partial charge in [0.25, 0.3) is 0 Å². The quantitative estimate of drug-likeness (QED) is 0.512. The Morgan fingerprint density at radius 3 is 2.88 bits per heavy atom. The van der Waals surface area contributed by atoms with Crippen LogP contribution in [0.3, 0.4) is 0 Å². The fraction of sp³-hybridized carbons (Fsp3) is 0.278. The lowest BCUT2D eigenvalue weighted by molar-refractivity contribution is -0.122. The van der Waals surface area contributed by atoms with Gasteiger partial charge in [0.1, 0.15) is 0 Å². The highest BCUT2D eigenvalue weighted by molar-refractivity contribution is 5.87. The van der Waals surface area contributed by atoms with Gasteiger partial charge in [0.05, 0.1) is 24.1 Å². The average molecular weight is 338 g/mol. The minimum atomic E-state index is -0.775. The van der Waals surface area contributed by atoms with E-state index in [9.17, 15) is 9.59 Å². The summed E-state index contributed by atoms with van der Waals surface area (Å²) in [5.74, 6) is -0.395. The van der Waals surface area contributed by atoms with Gasteiger partial charge in [-0.3, -0.25) is 9.59 Å². The number of imidazole rings is 1. The number of benzene rings is 1. The summed E-state index contributed by atoms with van der Waals surface area (Å²) in [5.41, 5.74) is 9.56. The van der Waals surface area contributed by atoms with E-state index in [1.54, 1.807) is 6.20 Å². The van der Waals surface area contributed by atoms with Crippen molar-refractivity contribution in [3.8, 4) is 0 Å². The molecule has 0 saturated heterocycles. The molecular weight excluding hydrogens is 318 g/mol. The summed E-state index contributed by atoms with van der Waals surface area (Å²) >= 11 is 0. The van der Waals surface area contributed by atoms with Gasteiger partial charge in [-0.15, -0.1) is 0 Å². The Morgan fingerprint density at radius 2 is 2.16 bits per heavy atom. The summed E-state index contributed by atoms with van der Waals surface area (Å²) in [6, 6.07) is 6.32. The number of fused-ring (bicyclic) bond motifs is 1. The molecule has 3 rings (SSSR count). The number of hydrogen-bond acceptors (Lipinski definition) is 4. The van der Waals surface area contributed by atoms with E-state index in [1.165, 1.54) is 6.33 Å². The highest BCUT2D eigenvalue weighted by Crippen LogP contribution is 2.22. The van der Waals surface area contributed by atoms with E-state index < -0.39 is 18.0 Å². The van der Waals surface area contributed by atoms with Gasteiger partial charge in [-0.1, -0.05) is 18.2 Å². The maximum atomic E-state index is 12.3. The Kier molecular flexibility index (Phi) is 4.95. The summed E-state index contributed by atoms with van der Waals surface area (Å²) in [6.45, 7) is 1.95. The Labute approximate surface area is 145 Å². The number of nitrogens with two attached hydrogens (primary N) is 1. The third kappa shape index (κ3) is 3.77. The first-order valence-electron chi connectivity index (χ1n) is 8.06. The Morgan fingerprint density at radius 1 is 1.36 bits per heavy atom. The number of amides is 1. The number of para-hydroxylation sites is 1. The maximum absolute atomic E-state index is 12.3. The number of H-pyrrole nitrogens is 2. The van der Waals surface area contributed by atoms with Gasteiger partial charge in [-0.05, 0) is 18.6 Å². The summed E-state index contributed by atoms with van der Waals surface area (Å²) < 4.78 is 0. The predicted molar refractivity (Wildman–Crippen MR) is 94.6 cm³/mol. The van der Waals surface area contributed by atoms with Crippen LogP contribution in [0.2, 0.25) is 0 Å². The molecule has 2 heterocycles.